The molecule has 3 amide bonds. The second kappa shape index (κ2) is 13.8. The van der Waals surface area contributed by atoms with Crippen LogP contribution in [0, 0.1) is 6.92 Å². The number of morpholine rings is 1. The molecule has 0 N–H and O–H groups in total. The van der Waals surface area contributed by atoms with Crippen LogP contribution in [0.1, 0.15) is 48.7 Å². The van der Waals surface area contributed by atoms with Gasteiger partial charge in [-0.3, -0.25) is 19.3 Å². The van der Waals surface area contributed by atoms with E-state index in [0.29, 0.717) is 50.4 Å². The Morgan fingerprint density at radius 1 is 0.857 bits per heavy atom. The van der Waals surface area contributed by atoms with Crippen LogP contribution in [0.3, 0.4) is 0 Å². The number of carbonyl (C=O) groups is 3. The Hall–Kier alpha value is -4.44. The maximum Gasteiger partial charge on any atom is 0.316 e. The lowest BCUT2D eigenvalue weighted by molar-refractivity contribution is 0.0193. The summed E-state index contributed by atoms with van der Waals surface area (Å²) in [6.07, 6.45) is 1.39. The first-order valence-electron chi connectivity index (χ1n) is 17.0. The van der Waals surface area contributed by atoms with Crippen LogP contribution < -0.4 is 4.90 Å². The van der Waals surface area contributed by atoms with Crippen LogP contribution in [-0.4, -0.2) is 88.9 Å². The van der Waals surface area contributed by atoms with Crippen molar-refractivity contribution in [3.05, 3.63) is 112 Å². The molecule has 0 aliphatic carbocycles. The third-order valence-electron chi connectivity index (χ3n) is 10.5. The van der Waals surface area contributed by atoms with Gasteiger partial charge in [-0.1, -0.05) is 42.5 Å². The Bertz CT molecular complexity index is 1900. The second-order valence-corrected chi connectivity index (χ2v) is 13.7. The molecule has 1 aromatic heterocycles. The van der Waals surface area contributed by atoms with Crippen LogP contribution in [0.4, 0.5) is 10.5 Å². The van der Waals surface area contributed by atoms with Gasteiger partial charge in [0.2, 0.25) is 0 Å². The Kier molecular flexibility index (Phi) is 9.33. The first-order valence-corrected chi connectivity index (χ1v) is 17.3. The topological polar surface area (TPSA) is 78.3 Å². The molecule has 254 valence electrons. The van der Waals surface area contributed by atoms with Gasteiger partial charge < -0.3 is 24.0 Å². The predicted molar refractivity (Wildman–Crippen MR) is 191 cm³/mol. The summed E-state index contributed by atoms with van der Waals surface area (Å²) in [5, 5.41) is -0.496. The summed E-state index contributed by atoms with van der Waals surface area (Å²) in [7, 11) is 3.73. The molecule has 0 unspecified atom stereocenters. The minimum atomic E-state index is -0.496. The van der Waals surface area contributed by atoms with E-state index < -0.39 is 5.37 Å². The first kappa shape index (κ1) is 33.1. The van der Waals surface area contributed by atoms with E-state index in [0.717, 1.165) is 65.4 Å². The van der Waals surface area contributed by atoms with Crippen molar-refractivity contribution >= 4 is 34.5 Å². The zero-order valence-corrected chi connectivity index (χ0v) is 29.1. The van der Waals surface area contributed by atoms with Crippen molar-refractivity contribution in [1.29, 1.82) is 0 Å². The quantitative estimate of drug-likeness (QED) is 0.188. The molecule has 3 aromatic carbocycles. The van der Waals surface area contributed by atoms with E-state index >= 15 is 4.79 Å². The SMILES string of the molecule is Cc1c(C(=O)N(C)c2ccccc2)cc(-c2cc3c(cc2C(=O)N2Cc4ccccc4C[C@H]2CN2CCOCC2)CN(C(=O)Cl)CC3)n1C. The van der Waals surface area contributed by atoms with Gasteiger partial charge in [-0.05, 0) is 84.0 Å². The van der Waals surface area contributed by atoms with Gasteiger partial charge in [-0.15, -0.1) is 0 Å². The fraction of sp³-hybridized carbons (Fsp3) is 0.359. The van der Waals surface area contributed by atoms with E-state index in [9.17, 15) is 9.59 Å². The molecule has 0 radical (unpaired) electrons. The highest BCUT2D eigenvalue weighted by atomic mass is 35.5. The number of amides is 3. The first-order chi connectivity index (χ1) is 23.7. The molecule has 1 saturated heterocycles. The third kappa shape index (κ3) is 6.50. The zero-order chi connectivity index (χ0) is 34.2. The van der Waals surface area contributed by atoms with Gasteiger partial charge in [0.1, 0.15) is 0 Å². The molecule has 1 fully saturated rings. The monoisotopic (exact) mass is 679 g/mol. The lowest BCUT2D eigenvalue weighted by atomic mass is 9.89. The molecule has 4 heterocycles. The number of carbonyl (C=O) groups excluding carboxylic acids is 3. The number of nitrogens with zero attached hydrogens (tertiary/aromatic N) is 5. The number of anilines is 1. The second-order valence-electron chi connectivity index (χ2n) is 13.4. The van der Waals surface area contributed by atoms with E-state index in [-0.39, 0.29) is 17.9 Å². The lowest BCUT2D eigenvalue weighted by Crippen LogP contribution is -2.52. The smallest absolute Gasteiger partial charge is 0.316 e. The van der Waals surface area contributed by atoms with Gasteiger partial charge in [0.15, 0.2) is 0 Å². The molecule has 0 spiro atoms. The molecule has 3 aliphatic heterocycles. The highest BCUT2D eigenvalue weighted by Crippen LogP contribution is 2.36. The van der Waals surface area contributed by atoms with Crippen molar-refractivity contribution < 1.29 is 19.1 Å². The molecule has 9 nitrogen and oxygen atoms in total. The van der Waals surface area contributed by atoms with Crippen molar-refractivity contribution in [3.8, 4) is 11.3 Å². The Labute approximate surface area is 292 Å². The minimum absolute atomic E-state index is 0.0305. The molecule has 0 bridgehead atoms. The number of para-hydroxylation sites is 1. The minimum Gasteiger partial charge on any atom is -0.379 e. The zero-order valence-electron chi connectivity index (χ0n) is 28.3. The van der Waals surface area contributed by atoms with E-state index in [1.807, 2.05) is 72.0 Å². The van der Waals surface area contributed by atoms with Gasteiger partial charge in [0.25, 0.3) is 11.8 Å². The molecule has 7 rings (SSSR count). The fourth-order valence-corrected chi connectivity index (χ4v) is 7.64. The molecular formula is C39H42ClN5O4. The van der Waals surface area contributed by atoms with Crippen LogP contribution in [0.25, 0.3) is 11.3 Å². The Morgan fingerprint density at radius 2 is 1.57 bits per heavy atom. The fourth-order valence-electron chi connectivity index (χ4n) is 7.50. The van der Waals surface area contributed by atoms with E-state index in [1.54, 1.807) is 16.8 Å². The summed E-state index contributed by atoms with van der Waals surface area (Å²) in [5.41, 5.74) is 8.75. The summed E-state index contributed by atoms with van der Waals surface area (Å²) in [6.45, 7) is 7.11. The van der Waals surface area contributed by atoms with E-state index in [1.165, 1.54) is 5.56 Å². The largest absolute Gasteiger partial charge is 0.379 e. The number of benzene rings is 3. The summed E-state index contributed by atoms with van der Waals surface area (Å²) in [5.74, 6) is -0.182. The van der Waals surface area contributed by atoms with Gasteiger partial charge >= 0.3 is 5.37 Å². The van der Waals surface area contributed by atoms with Crippen molar-refractivity contribution in [2.24, 2.45) is 7.05 Å². The standard InChI is InChI=1S/C39H42ClN5O4/c1-26-33(37(46)42(3)31-11-5-4-6-12-31)22-36(41(26)2)34-20-28-13-14-44(39(40)48)23-30(28)21-35(34)38(47)45-24-29-10-8-7-9-27(29)19-32(45)25-43-15-17-49-18-16-43/h4-12,20-22,32H,13-19,23-25H2,1-3H3/t32-/m0/s1. The number of rotatable bonds is 6. The van der Waals surface area contributed by atoms with Gasteiger partial charge in [0.05, 0.1) is 18.8 Å². The van der Waals surface area contributed by atoms with Gasteiger partial charge in [0, 0.05) is 87.6 Å². The van der Waals surface area contributed by atoms with Crippen molar-refractivity contribution in [2.75, 3.05) is 51.3 Å². The van der Waals surface area contributed by atoms with Crippen molar-refractivity contribution in [2.45, 2.75) is 38.9 Å². The summed E-state index contributed by atoms with van der Waals surface area (Å²) in [4.78, 5) is 48.8. The third-order valence-corrected chi connectivity index (χ3v) is 10.7. The lowest BCUT2D eigenvalue weighted by Gasteiger charge is -2.41. The molecular weight excluding hydrogens is 638 g/mol. The highest BCUT2D eigenvalue weighted by molar-refractivity contribution is 6.62. The normalized spacial score (nSPS) is 17.8. The number of ether oxygens (including phenoxy) is 1. The van der Waals surface area contributed by atoms with Crippen molar-refractivity contribution in [1.82, 2.24) is 19.3 Å². The Morgan fingerprint density at radius 3 is 2.31 bits per heavy atom. The average Bonchev–Trinajstić information content (AvgIpc) is 3.43. The van der Waals surface area contributed by atoms with Crippen LogP contribution in [0.15, 0.2) is 72.8 Å². The van der Waals surface area contributed by atoms with Crippen LogP contribution in [-0.2, 0) is 37.7 Å². The average molecular weight is 680 g/mol. The predicted octanol–water partition coefficient (Wildman–Crippen LogP) is 5.89. The van der Waals surface area contributed by atoms with E-state index in [4.69, 9.17) is 16.3 Å². The number of fused-ring (bicyclic) bond motifs is 2. The molecule has 49 heavy (non-hydrogen) atoms. The molecule has 10 heteroatoms. The highest BCUT2D eigenvalue weighted by Gasteiger charge is 2.35. The number of hydrogen-bond donors (Lipinski definition) is 0. The van der Waals surface area contributed by atoms with Crippen LogP contribution in [0.5, 0.6) is 0 Å². The van der Waals surface area contributed by atoms with Crippen molar-refractivity contribution in [3.63, 3.8) is 0 Å². The maximum atomic E-state index is 15.1. The summed E-state index contributed by atoms with van der Waals surface area (Å²) < 4.78 is 7.63. The van der Waals surface area contributed by atoms with Crippen LogP contribution in [0.2, 0.25) is 0 Å². The molecule has 4 aromatic rings. The summed E-state index contributed by atoms with van der Waals surface area (Å²) in [6, 6.07) is 23.9. The molecule has 3 aliphatic rings. The number of aromatic nitrogens is 1. The van der Waals surface area contributed by atoms with E-state index in [2.05, 4.69) is 29.2 Å². The van der Waals surface area contributed by atoms with Crippen LogP contribution >= 0.6 is 11.6 Å². The maximum absolute atomic E-state index is 15.1. The molecule has 1 atom stereocenters. The Balaban J connectivity index is 1.32. The van der Waals surface area contributed by atoms with Gasteiger partial charge in [-0.25, -0.2) is 0 Å². The molecule has 0 saturated carbocycles. The number of hydrogen-bond acceptors (Lipinski definition) is 5. The number of halogens is 1. The summed E-state index contributed by atoms with van der Waals surface area (Å²) >= 11 is 5.93. The van der Waals surface area contributed by atoms with Gasteiger partial charge in [-0.2, -0.15) is 0 Å².